The summed E-state index contributed by atoms with van der Waals surface area (Å²) >= 11 is 9.77. The van der Waals surface area contributed by atoms with Crippen molar-refractivity contribution >= 4 is 27.5 Å². The molecular weight excluding hydrogens is 376 g/mol. The van der Waals surface area contributed by atoms with Gasteiger partial charge in [-0.2, -0.15) is 5.10 Å². The van der Waals surface area contributed by atoms with E-state index in [1.807, 2.05) is 47.1 Å². The summed E-state index contributed by atoms with van der Waals surface area (Å²) in [5.41, 5.74) is 4.13. The molecule has 0 amide bonds. The number of nitrogens with zero attached hydrogens (tertiary/aromatic N) is 2. The molecule has 3 rings (SSSR count). The molecule has 0 atom stereocenters. The van der Waals surface area contributed by atoms with Crippen molar-refractivity contribution in [3.8, 4) is 17.0 Å². The van der Waals surface area contributed by atoms with E-state index in [4.69, 9.17) is 16.3 Å². The third-order valence-corrected chi connectivity index (χ3v) is 4.55. The molecule has 3 nitrogen and oxygen atoms in total. The first-order valence-corrected chi connectivity index (χ1v) is 8.71. The Bertz CT molecular complexity index is 816. The van der Waals surface area contributed by atoms with Gasteiger partial charge in [0.15, 0.2) is 0 Å². The van der Waals surface area contributed by atoms with Crippen molar-refractivity contribution < 1.29 is 4.74 Å². The number of benzene rings is 2. The van der Waals surface area contributed by atoms with Gasteiger partial charge >= 0.3 is 0 Å². The van der Waals surface area contributed by atoms with Crippen LogP contribution in [0, 0.1) is 0 Å². The predicted molar refractivity (Wildman–Crippen MR) is 97.4 cm³/mol. The molecular formula is C18H16BrClN2O. The summed E-state index contributed by atoms with van der Waals surface area (Å²) in [5, 5.41) is 6.13. The lowest BCUT2D eigenvalue weighted by Crippen LogP contribution is -2.04. The Morgan fingerprint density at radius 1 is 1.13 bits per heavy atom. The smallest absolute Gasteiger partial charge is 0.119 e. The Morgan fingerprint density at radius 2 is 1.96 bits per heavy atom. The fraction of sp³-hybridized carbons (Fsp3) is 0.167. The van der Waals surface area contributed by atoms with Crippen molar-refractivity contribution in [3.05, 3.63) is 70.9 Å². The van der Waals surface area contributed by atoms with E-state index in [2.05, 4.69) is 33.2 Å². The molecule has 0 radical (unpaired) electrons. The van der Waals surface area contributed by atoms with Crippen LogP contribution >= 0.6 is 27.5 Å². The highest BCUT2D eigenvalue weighted by molar-refractivity contribution is 9.08. The van der Waals surface area contributed by atoms with Gasteiger partial charge in [0.1, 0.15) is 5.75 Å². The number of hydrogen-bond donors (Lipinski definition) is 0. The lowest BCUT2D eigenvalue weighted by atomic mass is 10.1. The molecule has 0 saturated carbocycles. The van der Waals surface area contributed by atoms with Crippen LogP contribution in [0.5, 0.6) is 5.75 Å². The molecule has 5 heteroatoms. The second-order valence-corrected chi connectivity index (χ2v) is 6.10. The number of halogens is 2. The van der Waals surface area contributed by atoms with Gasteiger partial charge in [0, 0.05) is 15.9 Å². The highest BCUT2D eigenvalue weighted by Gasteiger charge is 2.12. The van der Waals surface area contributed by atoms with Gasteiger partial charge in [0.25, 0.3) is 0 Å². The molecule has 23 heavy (non-hydrogen) atoms. The van der Waals surface area contributed by atoms with Crippen LogP contribution in [0.4, 0.5) is 0 Å². The average Bonchev–Trinajstić information content (AvgIpc) is 3.00. The second kappa shape index (κ2) is 7.20. The van der Waals surface area contributed by atoms with Crippen molar-refractivity contribution in [3.63, 3.8) is 0 Å². The second-order valence-electron chi connectivity index (χ2n) is 5.14. The van der Waals surface area contributed by atoms with Crippen LogP contribution in [0.2, 0.25) is 5.02 Å². The van der Waals surface area contributed by atoms with Crippen LogP contribution in [-0.4, -0.2) is 16.9 Å². The van der Waals surface area contributed by atoms with Gasteiger partial charge in [-0.3, -0.25) is 4.68 Å². The van der Waals surface area contributed by atoms with E-state index < -0.39 is 0 Å². The molecule has 0 N–H and O–H groups in total. The van der Waals surface area contributed by atoms with Gasteiger partial charge in [0.05, 0.1) is 25.0 Å². The third-order valence-electron chi connectivity index (χ3n) is 3.61. The first-order chi connectivity index (χ1) is 11.2. The zero-order valence-corrected chi connectivity index (χ0v) is 15.0. The molecule has 118 valence electrons. The standard InChI is InChI=1S/C18H16BrClN2O/c1-23-16-7-4-6-13(9-16)18-10-15(11-19)21-22(18)12-14-5-2-3-8-17(14)20/h2-10H,11-12H2,1H3. The van der Waals surface area contributed by atoms with Crippen LogP contribution in [0.3, 0.4) is 0 Å². The molecule has 0 unspecified atom stereocenters. The van der Waals surface area contributed by atoms with Gasteiger partial charge in [0.2, 0.25) is 0 Å². The highest BCUT2D eigenvalue weighted by Crippen LogP contribution is 2.27. The Labute approximate surface area is 149 Å². The fourth-order valence-corrected chi connectivity index (χ4v) is 2.93. The van der Waals surface area contributed by atoms with E-state index in [0.717, 1.165) is 33.3 Å². The van der Waals surface area contributed by atoms with E-state index in [-0.39, 0.29) is 0 Å². The number of hydrogen-bond acceptors (Lipinski definition) is 2. The van der Waals surface area contributed by atoms with Crippen LogP contribution < -0.4 is 4.74 Å². The maximum atomic E-state index is 6.29. The Kier molecular flexibility index (Phi) is 5.03. The summed E-state index contributed by atoms with van der Waals surface area (Å²) in [6.07, 6.45) is 0. The van der Waals surface area contributed by atoms with E-state index in [9.17, 15) is 0 Å². The third kappa shape index (κ3) is 3.59. The molecule has 0 aliphatic carbocycles. The molecule has 3 aromatic rings. The van der Waals surface area contributed by atoms with E-state index in [0.29, 0.717) is 11.9 Å². The van der Waals surface area contributed by atoms with Crippen molar-refractivity contribution in [1.82, 2.24) is 9.78 Å². The van der Waals surface area contributed by atoms with E-state index in [1.165, 1.54) is 0 Å². The summed E-state index contributed by atoms with van der Waals surface area (Å²) in [7, 11) is 1.67. The highest BCUT2D eigenvalue weighted by atomic mass is 79.9. The Morgan fingerprint density at radius 3 is 2.70 bits per heavy atom. The number of aromatic nitrogens is 2. The molecule has 0 bridgehead atoms. The maximum absolute atomic E-state index is 6.29. The zero-order valence-electron chi connectivity index (χ0n) is 12.7. The summed E-state index contributed by atoms with van der Waals surface area (Å²) in [4.78, 5) is 0. The molecule has 2 aromatic carbocycles. The Balaban J connectivity index is 2.03. The zero-order chi connectivity index (χ0) is 16.2. The fourth-order valence-electron chi connectivity index (χ4n) is 2.46. The SMILES string of the molecule is COc1cccc(-c2cc(CBr)nn2Cc2ccccc2Cl)c1. The number of alkyl halides is 1. The first-order valence-electron chi connectivity index (χ1n) is 7.22. The minimum atomic E-state index is 0.624. The predicted octanol–water partition coefficient (Wildman–Crippen LogP) is 5.16. The molecule has 0 fully saturated rings. The summed E-state index contributed by atoms with van der Waals surface area (Å²) in [6.45, 7) is 0.624. The number of methoxy groups -OCH3 is 1. The van der Waals surface area contributed by atoms with Crippen LogP contribution in [0.15, 0.2) is 54.6 Å². The lowest BCUT2D eigenvalue weighted by molar-refractivity contribution is 0.415. The van der Waals surface area contributed by atoms with Gasteiger partial charge in [-0.15, -0.1) is 0 Å². The summed E-state index contributed by atoms with van der Waals surface area (Å²) in [6, 6.07) is 17.9. The van der Waals surface area contributed by atoms with Crippen LogP contribution in [0.1, 0.15) is 11.3 Å². The lowest BCUT2D eigenvalue weighted by Gasteiger charge is -2.10. The molecule has 0 spiro atoms. The van der Waals surface area contributed by atoms with Gasteiger partial charge < -0.3 is 4.74 Å². The summed E-state index contributed by atoms with van der Waals surface area (Å²) < 4.78 is 7.31. The number of rotatable bonds is 5. The maximum Gasteiger partial charge on any atom is 0.119 e. The summed E-state index contributed by atoms with van der Waals surface area (Å²) in [5.74, 6) is 0.827. The number of ether oxygens (including phenoxy) is 1. The van der Waals surface area contributed by atoms with Crippen molar-refractivity contribution in [2.45, 2.75) is 11.9 Å². The topological polar surface area (TPSA) is 27.1 Å². The Hall–Kier alpha value is -1.78. The molecule has 1 aromatic heterocycles. The van der Waals surface area contributed by atoms with E-state index >= 15 is 0 Å². The average molecular weight is 392 g/mol. The largest absolute Gasteiger partial charge is 0.497 e. The van der Waals surface area contributed by atoms with Gasteiger partial charge in [-0.25, -0.2) is 0 Å². The minimum absolute atomic E-state index is 0.624. The normalized spacial score (nSPS) is 10.7. The van der Waals surface area contributed by atoms with Crippen LogP contribution in [0.25, 0.3) is 11.3 Å². The minimum Gasteiger partial charge on any atom is -0.497 e. The molecule has 0 aliphatic rings. The van der Waals surface area contributed by atoms with Gasteiger partial charge in [-0.1, -0.05) is 57.9 Å². The van der Waals surface area contributed by atoms with E-state index in [1.54, 1.807) is 7.11 Å². The quantitative estimate of drug-likeness (QED) is 0.562. The van der Waals surface area contributed by atoms with Crippen LogP contribution in [-0.2, 0) is 11.9 Å². The monoisotopic (exact) mass is 390 g/mol. The van der Waals surface area contributed by atoms with Crippen molar-refractivity contribution in [2.75, 3.05) is 7.11 Å². The molecule has 1 heterocycles. The van der Waals surface area contributed by atoms with Crippen molar-refractivity contribution in [1.29, 1.82) is 0 Å². The van der Waals surface area contributed by atoms with Gasteiger partial charge in [-0.05, 0) is 29.8 Å². The first kappa shape index (κ1) is 16.1. The molecule has 0 aliphatic heterocycles. The van der Waals surface area contributed by atoms with Crippen molar-refractivity contribution in [2.24, 2.45) is 0 Å². The molecule has 0 saturated heterocycles.